The van der Waals surface area contributed by atoms with E-state index in [-0.39, 0.29) is 6.17 Å². The van der Waals surface area contributed by atoms with Crippen LogP contribution in [0.5, 0.6) is 11.5 Å². The maximum absolute atomic E-state index is 5.83. The summed E-state index contributed by atoms with van der Waals surface area (Å²) in [6.45, 7) is 6.71. The Morgan fingerprint density at radius 3 is 2.64 bits per heavy atom. The minimum absolute atomic E-state index is 0.138. The summed E-state index contributed by atoms with van der Waals surface area (Å²) in [5.41, 5.74) is 1.03. The first kappa shape index (κ1) is 16.6. The number of nitrogens with zero attached hydrogens (tertiary/aromatic N) is 2. The molecule has 1 aromatic carbocycles. The first-order valence-corrected chi connectivity index (χ1v) is 7.67. The zero-order valence-electron chi connectivity index (χ0n) is 13.8. The van der Waals surface area contributed by atoms with Gasteiger partial charge in [0.15, 0.2) is 17.7 Å². The third kappa shape index (κ3) is 3.69. The summed E-state index contributed by atoms with van der Waals surface area (Å²) in [6, 6.07) is 5.84. The number of benzene rings is 1. The van der Waals surface area contributed by atoms with Gasteiger partial charge in [0.25, 0.3) is 0 Å². The van der Waals surface area contributed by atoms with Crippen molar-refractivity contribution in [1.29, 1.82) is 0 Å². The standard InChI is InChI=1S/C16H25N3O3/c1-5-17-10-9-15-18-16(19(6-2)22-15)12-7-8-13(20-3)14(11-12)21-4/h7-8,11,16-17H,5-6,9-10H2,1-4H3/t16-/m0/s1. The van der Waals surface area contributed by atoms with Crippen molar-refractivity contribution in [1.82, 2.24) is 10.4 Å². The molecule has 0 spiro atoms. The van der Waals surface area contributed by atoms with Crippen molar-refractivity contribution in [3.8, 4) is 11.5 Å². The van der Waals surface area contributed by atoms with Crippen LogP contribution < -0.4 is 14.8 Å². The number of rotatable bonds is 8. The fourth-order valence-electron chi connectivity index (χ4n) is 2.38. The number of hydrogen-bond donors (Lipinski definition) is 1. The van der Waals surface area contributed by atoms with Gasteiger partial charge in [-0.3, -0.25) is 0 Å². The number of hydroxylamine groups is 2. The van der Waals surface area contributed by atoms with Gasteiger partial charge in [-0.2, -0.15) is 0 Å². The van der Waals surface area contributed by atoms with Crippen LogP contribution in [0.4, 0.5) is 0 Å². The average molecular weight is 307 g/mol. The third-order valence-electron chi connectivity index (χ3n) is 3.54. The quantitative estimate of drug-likeness (QED) is 0.747. The van der Waals surface area contributed by atoms with Crippen LogP contribution in [-0.2, 0) is 4.84 Å². The van der Waals surface area contributed by atoms with Gasteiger partial charge in [0, 0.05) is 19.5 Å². The molecule has 0 saturated heterocycles. The number of aliphatic imine (C=N–C) groups is 1. The largest absolute Gasteiger partial charge is 0.493 e. The van der Waals surface area contributed by atoms with E-state index >= 15 is 0 Å². The van der Waals surface area contributed by atoms with Gasteiger partial charge in [-0.15, -0.1) is 5.06 Å². The Morgan fingerprint density at radius 1 is 1.23 bits per heavy atom. The molecular formula is C16H25N3O3. The molecule has 0 radical (unpaired) electrons. The Kier molecular flexibility index (Phi) is 6.03. The predicted octanol–water partition coefficient (Wildman–Crippen LogP) is 2.37. The Hall–Kier alpha value is -1.79. The highest BCUT2D eigenvalue weighted by Crippen LogP contribution is 2.34. The molecule has 1 aromatic rings. The van der Waals surface area contributed by atoms with Gasteiger partial charge in [-0.25, -0.2) is 4.99 Å². The van der Waals surface area contributed by atoms with Crippen LogP contribution in [0.1, 0.15) is 32.0 Å². The van der Waals surface area contributed by atoms with Crippen molar-refractivity contribution in [3.63, 3.8) is 0 Å². The third-order valence-corrected chi connectivity index (χ3v) is 3.54. The van der Waals surface area contributed by atoms with Crippen molar-refractivity contribution < 1.29 is 14.3 Å². The SMILES string of the molecule is CCNCCC1=N[C@H](c2ccc(OC)c(OC)c2)N(CC)O1. The first-order chi connectivity index (χ1) is 10.7. The van der Waals surface area contributed by atoms with Crippen LogP contribution in [0.15, 0.2) is 23.2 Å². The van der Waals surface area contributed by atoms with Gasteiger partial charge < -0.3 is 19.6 Å². The van der Waals surface area contributed by atoms with E-state index in [0.717, 1.165) is 37.5 Å². The van der Waals surface area contributed by atoms with Crippen molar-refractivity contribution >= 4 is 5.90 Å². The number of nitrogens with one attached hydrogen (secondary N) is 1. The lowest BCUT2D eigenvalue weighted by molar-refractivity contribution is -0.0815. The fraction of sp³-hybridized carbons (Fsp3) is 0.562. The van der Waals surface area contributed by atoms with Crippen molar-refractivity contribution in [2.45, 2.75) is 26.4 Å². The highest BCUT2D eigenvalue weighted by molar-refractivity contribution is 5.77. The molecule has 0 saturated carbocycles. The molecule has 2 rings (SSSR count). The summed E-state index contributed by atoms with van der Waals surface area (Å²) in [5.74, 6) is 2.18. The molecule has 0 unspecified atom stereocenters. The number of methoxy groups -OCH3 is 2. The van der Waals surface area contributed by atoms with E-state index in [4.69, 9.17) is 19.3 Å². The zero-order valence-corrected chi connectivity index (χ0v) is 13.8. The smallest absolute Gasteiger partial charge is 0.213 e. The lowest BCUT2D eigenvalue weighted by Gasteiger charge is -2.20. The van der Waals surface area contributed by atoms with Gasteiger partial charge in [0.05, 0.1) is 14.2 Å². The molecule has 0 bridgehead atoms. The number of hydrogen-bond acceptors (Lipinski definition) is 6. The summed E-state index contributed by atoms with van der Waals surface area (Å²) in [7, 11) is 3.26. The fourth-order valence-corrected chi connectivity index (χ4v) is 2.38. The molecule has 1 aliphatic heterocycles. The van der Waals surface area contributed by atoms with Crippen molar-refractivity contribution in [2.24, 2.45) is 4.99 Å². The molecule has 0 fully saturated rings. The molecule has 1 N–H and O–H groups in total. The highest BCUT2D eigenvalue weighted by atomic mass is 16.7. The average Bonchev–Trinajstić information content (AvgIpc) is 2.97. The summed E-state index contributed by atoms with van der Waals surface area (Å²) in [5, 5.41) is 5.16. The highest BCUT2D eigenvalue weighted by Gasteiger charge is 2.29. The van der Waals surface area contributed by atoms with Crippen molar-refractivity contribution in [3.05, 3.63) is 23.8 Å². The maximum Gasteiger partial charge on any atom is 0.213 e. The van der Waals surface area contributed by atoms with Crippen LogP contribution in [0.3, 0.4) is 0 Å². The van der Waals surface area contributed by atoms with E-state index in [1.807, 2.05) is 23.3 Å². The molecule has 1 heterocycles. The summed E-state index contributed by atoms with van der Waals surface area (Å²) in [6.07, 6.45) is 0.648. The molecule has 0 aromatic heterocycles. The van der Waals surface area contributed by atoms with Gasteiger partial charge >= 0.3 is 0 Å². The topological polar surface area (TPSA) is 55.3 Å². The molecule has 0 amide bonds. The van der Waals surface area contributed by atoms with Gasteiger partial charge in [0.1, 0.15) is 0 Å². The molecular weight excluding hydrogens is 282 g/mol. The van der Waals surface area contributed by atoms with E-state index in [9.17, 15) is 0 Å². The molecule has 6 nitrogen and oxygen atoms in total. The molecule has 0 aliphatic carbocycles. The van der Waals surface area contributed by atoms with E-state index in [2.05, 4.69) is 19.2 Å². The van der Waals surface area contributed by atoms with Crippen molar-refractivity contribution in [2.75, 3.05) is 33.9 Å². The predicted molar refractivity (Wildman–Crippen MR) is 86.3 cm³/mol. The molecule has 22 heavy (non-hydrogen) atoms. The lowest BCUT2D eigenvalue weighted by atomic mass is 10.1. The van der Waals surface area contributed by atoms with Crippen LogP contribution >= 0.6 is 0 Å². The van der Waals surface area contributed by atoms with E-state index in [0.29, 0.717) is 11.5 Å². The maximum atomic E-state index is 5.83. The monoisotopic (exact) mass is 307 g/mol. The van der Waals surface area contributed by atoms with Gasteiger partial charge in [0.2, 0.25) is 5.90 Å². The number of ether oxygens (including phenoxy) is 2. The minimum Gasteiger partial charge on any atom is -0.493 e. The second-order valence-electron chi connectivity index (χ2n) is 4.94. The lowest BCUT2D eigenvalue weighted by Crippen LogP contribution is -2.25. The zero-order chi connectivity index (χ0) is 15.9. The summed E-state index contributed by atoms with van der Waals surface area (Å²) in [4.78, 5) is 10.5. The van der Waals surface area contributed by atoms with Gasteiger partial charge in [-0.05, 0) is 31.2 Å². The molecule has 1 atom stereocenters. The first-order valence-electron chi connectivity index (χ1n) is 7.67. The van der Waals surface area contributed by atoms with Gasteiger partial charge in [-0.1, -0.05) is 13.0 Å². The second kappa shape index (κ2) is 8.00. The Balaban J connectivity index is 2.17. The minimum atomic E-state index is -0.138. The van der Waals surface area contributed by atoms with E-state index in [1.165, 1.54) is 0 Å². The second-order valence-corrected chi connectivity index (χ2v) is 4.94. The van der Waals surface area contributed by atoms with E-state index in [1.54, 1.807) is 14.2 Å². The summed E-state index contributed by atoms with van der Waals surface area (Å²) >= 11 is 0. The molecule has 1 aliphatic rings. The van der Waals surface area contributed by atoms with Crippen LogP contribution in [0.25, 0.3) is 0 Å². The molecule has 122 valence electrons. The molecule has 6 heteroatoms. The van der Waals surface area contributed by atoms with Crippen LogP contribution in [0, 0.1) is 0 Å². The Bertz CT molecular complexity index is 519. The van der Waals surface area contributed by atoms with Crippen LogP contribution in [0.2, 0.25) is 0 Å². The van der Waals surface area contributed by atoms with Crippen LogP contribution in [-0.4, -0.2) is 44.8 Å². The summed E-state index contributed by atoms with van der Waals surface area (Å²) < 4.78 is 10.6. The Morgan fingerprint density at radius 2 is 2.00 bits per heavy atom. The Labute approximate surface area is 132 Å². The normalized spacial score (nSPS) is 18.0. The van der Waals surface area contributed by atoms with E-state index < -0.39 is 0 Å².